The van der Waals surface area contributed by atoms with Gasteiger partial charge in [0, 0.05) is 11.5 Å². The number of ketones is 1. The van der Waals surface area contributed by atoms with E-state index in [1.807, 2.05) is 0 Å². The molecule has 0 radical (unpaired) electrons. The van der Waals surface area contributed by atoms with Crippen LogP contribution in [0.15, 0.2) is 5.11 Å². The van der Waals surface area contributed by atoms with Crippen molar-refractivity contribution in [3.05, 3.63) is 10.4 Å². The first kappa shape index (κ1) is 17.2. The van der Waals surface area contributed by atoms with E-state index in [9.17, 15) is 9.59 Å². The zero-order valence-corrected chi connectivity index (χ0v) is 11.4. The molecule has 0 saturated heterocycles. The lowest BCUT2D eigenvalue weighted by Gasteiger charge is -2.12. The molecule has 0 spiro atoms. The fraction of sp³-hybridized carbons (Fsp3) is 0.818. The van der Waals surface area contributed by atoms with E-state index in [0.717, 1.165) is 19.3 Å². The van der Waals surface area contributed by atoms with Crippen LogP contribution in [0.4, 0.5) is 4.79 Å². The fourth-order valence-corrected chi connectivity index (χ4v) is 1.49. The summed E-state index contributed by atoms with van der Waals surface area (Å²) in [5.41, 5.74) is 8.01. The first-order valence-electron chi connectivity index (χ1n) is 6.21. The molecule has 0 heterocycles. The van der Waals surface area contributed by atoms with Gasteiger partial charge in [-0.05, 0) is 38.8 Å². The predicted molar refractivity (Wildman–Crippen MR) is 70.7 cm³/mol. The quantitative estimate of drug-likeness (QED) is 0.270. The average molecular weight is 271 g/mol. The third-order valence-corrected chi connectivity index (χ3v) is 2.52. The maximum absolute atomic E-state index is 11.1. The van der Waals surface area contributed by atoms with Gasteiger partial charge in [0.1, 0.15) is 5.78 Å². The van der Waals surface area contributed by atoms with Crippen molar-refractivity contribution in [1.82, 2.24) is 10.6 Å². The molecule has 0 aromatic rings. The number of carbonyl (C=O) groups is 2. The van der Waals surface area contributed by atoms with E-state index in [2.05, 4.69) is 20.7 Å². The van der Waals surface area contributed by atoms with Gasteiger partial charge >= 0.3 is 6.09 Å². The van der Waals surface area contributed by atoms with Gasteiger partial charge in [-0.15, -0.1) is 0 Å². The van der Waals surface area contributed by atoms with Crippen LogP contribution in [0.25, 0.3) is 10.4 Å². The normalized spacial score (nSPS) is 11.3. The lowest BCUT2D eigenvalue weighted by atomic mass is 10.1. The zero-order chi connectivity index (χ0) is 14.5. The standard InChI is InChI=1S/C11H21N5O3/c1-9(17)10(13-2)5-3-4-6-14-11(18)19-8-7-15-16-12/h10,13H,3-8H2,1-2H3,(H,14,18). The van der Waals surface area contributed by atoms with Crippen LogP contribution in [0.2, 0.25) is 0 Å². The lowest BCUT2D eigenvalue weighted by molar-refractivity contribution is -0.119. The van der Waals surface area contributed by atoms with Gasteiger partial charge in [-0.3, -0.25) is 4.79 Å². The van der Waals surface area contributed by atoms with Crippen LogP contribution in [-0.4, -0.2) is 44.7 Å². The van der Waals surface area contributed by atoms with E-state index in [0.29, 0.717) is 6.54 Å². The molecule has 0 aliphatic carbocycles. The Morgan fingerprint density at radius 2 is 2.16 bits per heavy atom. The van der Waals surface area contributed by atoms with Crippen molar-refractivity contribution >= 4 is 11.9 Å². The van der Waals surface area contributed by atoms with Crippen molar-refractivity contribution in [2.24, 2.45) is 5.11 Å². The van der Waals surface area contributed by atoms with Crippen molar-refractivity contribution in [3.8, 4) is 0 Å². The van der Waals surface area contributed by atoms with Gasteiger partial charge in [0.15, 0.2) is 0 Å². The van der Waals surface area contributed by atoms with Gasteiger partial charge in [0.2, 0.25) is 0 Å². The number of rotatable bonds is 10. The zero-order valence-electron chi connectivity index (χ0n) is 11.4. The number of hydrogen-bond acceptors (Lipinski definition) is 5. The molecule has 1 atom stereocenters. The van der Waals surface area contributed by atoms with Crippen molar-refractivity contribution in [2.75, 3.05) is 26.7 Å². The summed E-state index contributed by atoms with van der Waals surface area (Å²) >= 11 is 0. The number of amides is 1. The van der Waals surface area contributed by atoms with Gasteiger partial charge in [-0.1, -0.05) is 5.11 Å². The smallest absolute Gasteiger partial charge is 0.407 e. The molecule has 0 aromatic heterocycles. The number of nitrogens with one attached hydrogen (secondary N) is 2. The molecule has 2 N–H and O–H groups in total. The highest BCUT2D eigenvalue weighted by Crippen LogP contribution is 2.01. The van der Waals surface area contributed by atoms with Crippen molar-refractivity contribution in [3.63, 3.8) is 0 Å². The first-order chi connectivity index (χ1) is 9.11. The SMILES string of the molecule is CNC(CCCCNC(=O)OCCN=[N+]=[N-])C(C)=O. The maximum Gasteiger partial charge on any atom is 0.407 e. The fourth-order valence-electron chi connectivity index (χ4n) is 1.49. The number of unbranched alkanes of at least 4 members (excludes halogenated alkanes) is 1. The number of likely N-dealkylation sites (N-methyl/N-ethyl adjacent to an activating group) is 1. The molecule has 1 unspecified atom stereocenters. The van der Waals surface area contributed by atoms with Crippen LogP contribution in [0.3, 0.4) is 0 Å². The van der Waals surface area contributed by atoms with Crippen LogP contribution < -0.4 is 10.6 Å². The number of azide groups is 1. The van der Waals surface area contributed by atoms with Crippen LogP contribution >= 0.6 is 0 Å². The summed E-state index contributed by atoms with van der Waals surface area (Å²) in [6.45, 7) is 2.25. The third kappa shape index (κ3) is 9.87. The lowest BCUT2D eigenvalue weighted by Crippen LogP contribution is -2.32. The van der Waals surface area contributed by atoms with Crippen LogP contribution in [0.1, 0.15) is 26.2 Å². The molecule has 0 saturated carbocycles. The summed E-state index contributed by atoms with van der Waals surface area (Å²) in [4.78, 5) is 24.8. The van der Waals surface area contributed by atoms with E-state index < -0.39 is 6.09 Å². The van der Waals surface area contributed by atoms with Gasteiger partial charge in [-0.2, -0.15) is 0 Å². The summed E-state index contributed by atoms with van der Waals surface area (Å²) in [7, 11) is 1.76. The minimum Gasteiger partial charge on any atom is -0.449 e. The number of alkyl carbamates (subject to hydrolysis) is 1. The summed E-state index contributed by atoms with van der Waals surface area (Å²) in [5, 5.41) is 8.75. The molecule has 1 amide bonds. The summed E-state index contributed by atoms with van der Waals surface area (Å²) in [6.07, 6.45) is 1.84. The van der Waals surface area contributed by atoms with Gasteiger partial charge in [0.05, 0.1) is 19.2 Å². The second-order valence-electron chi connectivity index (χ2n) is 3.96. The molecule has 8 heteroatoms. The number of ether oxygens (including phenoxy) is 1. The molecule has 19 heavy (non-hydrogen) atoms. The van der Waals surface area contributed by atoms with E-state index in [1.165, 1.54) is 0 Å². The first-order valence-corrected chi connectivity index (χ1v) is 6.21. The Labute approximate surface area is 112 Å². The highest BCUT2D eigenvalue weighted by atomic mass is 16.5. The number of hydrogen-bond donors (Lipinski definition) is 2. The minimum atomic E-state index is -0.523. The minimum absolute atomic E-state index is 0.0715. The maximum atomic E-state index is 11.1. The van der Waals surface area contributed by atoms with Crippen LogP contribution in [0.5, 0.6) is 0 Å². The highest BCUT2D eigenvalue weighted by Gasteiger charge is 2.10. The topological polar surface area (TPSA) is 116 Å². The molecule has 0 aliphatic rings. The molecule has 108 valence electrons. The predicted octanol–water partition coefficient (Wildman–Crippen LogP) is 1.37. The second kappa shape index (κ2) is 11.3. The van der Waals surface area contributed by atoms with Gasteiger partial charge < -0.3 is 15.4 Å². The van der Waals surface area contributed by atoms with E-state index >= 15 is 0 Å². The van der Waals surface area contributed by atoms with Crippen LogP contribution in [0, 0.1) is 0 Å². The largest absolute Gasteiger partial charge is 0.449 e. The van der Waals surface area contributed by atoms with Crippen molar-refractivity contribution in [2.45, 2.75) is 32.2 Å². The van der Waals surface area contributed by atoms with E-state index in [4.69, 9.17) is 10.3 Å². The van der Waals surface area contributed by atoms with Gasteiger partial charge in [0.25, 0.3) is 0 Å². The molecule has 8 nitrogen and oxygen atoms in total. The number of nitrogens with zero attached hydrogens (tertiary/aromatic N) is 3. The molecule has 0 fully saturated rings. The Kier molecular flexibility index (Phi) is 10.2. The number of Topliss-reactive ketones (excluding diaryl/α,β-unsaturated/α-hetero) is 1. The Morgan fingerprint density at radius 3 is 2.74 bits per heavy atom. The third-order valence-electron chi connectivity index (χ3n) is 2.52. The molecule has 0 aliphatic heterocycles. The summed E-state index contributed by atoms with van der Waals surface area (Å²) in [5.74, 6) is 0.118. The molecule has 0 bridgehead atoms. The Bertz CT molecular complexity index is 328. The molecular formula is C11H21N5O3. The Balaban J connectivity index is 3.50. The Morgan fingerprint density at radius 1 is 1.42 bits per heavy atom. The molecule has 0 rings (SSSR count). The Hall–Kier alpha value is -1.79. The van der Waals surface area contributed by atoms with Gasteiger partial charge in [-0.25, -0.2) is 4.79 Å². The van der Waals surface area contributed by atoms with E-state index in [-0.39, 0.29) is 25.0 Å². The second-order valence-corrected chi connectivity index (χ2v) is 3.96. The molecule has 0 aromatic carbocycles. The molecular weight excluding hydrogens is 250 g/mol. The summed E-state index contributed by atoms with van der Waals surface area (Å²) < 4.78 is 4.75. The van der Waals surface area contributed by atoms with Crippen molar-refractivity contribution in [1.29, 1.82) is 0 Å². The van der Waals surface area contributed by atoms with Crippen LogP contribution in [-0.2, 0) is 9.53 Å². The monoisotopic (exact) mass is 271 g/mol. The highest BCUT2D eigenvalue weighted by molar-refractivity contribution is 5.81. The van der Waals surface area contributed by atoms with E-state index in [1.54, 1.807) is 14.0 Å². The average Bonchev–Trinajstić information content (AvgIpc) is 2.38. The number of carbonyl (C=O) groups excluding carboxylic acids is 2. The summed E-state index contributed by atoms with van der Waals surface area (Å²) in [6, 6.07) is -0.115. The van der Waals surface area contributed by atoms with Crippen molar-refractivity contribution < 1.29 is 14.3 Å².